The zero-order valence-electron chi connectivity index (χ0n) is 16.8. The highest BCUT2D eigenvalue weighted by Crippen LogP contribution is 2.65. The second-order valence-electron chi connectivity index (χ2n) is 9.41. The maximum atomic E-state index is 13.3. The van der Waals surface area contributed by atoms with Gasteiger partial charge in [-0.2, -0.15) is 0 Å². The van der Waals surface area contributed by atoms with Crippen molar-refractivity contribution < 1.29 is 29.0 Å². The summed E-state index contributed by atoms with van der Waals surface area (Å²) in [4.78, 5) is 25.2. The van der Waals surface area contributed by atoms with Crippen LogP contribution >= 0.6 is 0 Å². The minimum Gasteiger partial charge on any atom is -0.469 e. The quantitative estimate of drug-likeness (QED) is 0.718. The molecule has 0 amide bonds. The molecule has 2 N–H and O–H groups in total. The monoisotopic (exact) mass is 388 g/mol. The number of rotatable bonds is 1. The molecule has 1 aromatic rings. The number of Topliss-reactive ketones (excluding diaryl/α,β-unsaturated/α-hetero) is 1. The molecule has 6 atom stereocenters. The number of ether oxygens (including phenoxy) is 1. The molecule has 0 bridgehead atoms. The number of hydrogen-bond acceptors (Lipinski definition) is 6. The predicted octanol–water partition coefficient (Wildman–Crippen LogP) is 2.51. The molecule has 0 saturated heterocycles. The first kappa shape index (κ1) is 19.4. The largest absolute Gasteiger partial charge is 0.469 e. The molecular formula is C22H28O6. The SMILES string of the molecule is C=C1c2ccoc2C[C@H]2[C@H]1[C@@H](OC(C)=O)[C@H](O)[C@@]1(O)C(C)(C)CCC(=O)[C@]21C. The van der Waals surface area contributed by atoms with Crippen LogP contribution < -0.4 is 0 Å². The van der Waals surface area contributed by atoms with Crippen molar-refractivity contribution in [3.63, 3.8) is 0 Å². The summed E-state index contributed by atoms with van der Waals surface area (Å²) in [6.45, 7) is 11.0. The van der Waals surface area contributed by atoms with Gasteiger partial charge in [0.1, 0.15) is 29.4 Å². The van der Waals surface area contributed by atoms with Crippen molar-refractivity contribution in [2.24, 2.45) is 22.7 Å². The van der Waals surface area contributed by atoms with Gasteiger partial charge in [-0.25, -0.2) is 0 Å². The fraction of sp³-hybridized carbons (Fsp3) is 0.636. The van der Waals surface area contributed by atoms with Gasteiger partial charge >= 0.3 is 5.97 Å². The number of fused-ring (bicyclic) bond motifs is 4. The third-order valence-corrected chi connectivity index (χ3v) is 7.85. The van der Waals surface area contributed by atoms with Crippen LogP contribution in [0.4, 0.5) is 0 Å². The Balaban J connectivity index is 1.97. The third-order valence-electron chi connectivity index (χ3n) is 7.85. The Hall–Kier alpha value is -1.92. The van der Waals surface area contributed by atoms with E-state index >= 15 is 0 Å². The summed E-state index contributed by atoms with van der Waals surface area (Å²) in [5, 5.41) is 23.4. The predicted molar refractivity (Wildman–Crippen MR) is 101 cm³/mol. The van der Waals surface area contributed by atoms with E-state index in [1.165, 1.54) is 6.92 Å². The van der Waals surface area contributed by atoms with Crippen molar-refractivity contribution in [1.29, 1.82) is 0 Å². The molecule has 6 heteroatoms. The Labute approximate surface area is 164 Å². The van der Waals surface area contributed by atoms with Crippen molar-refractivity contribution in [1.82, 2.24) is 0 Å². The molecular weight excluding hydrogens is 360 g/mol. The van der Waals surface area contributed by atoms with Gasteiger partial charge in [-0.15, -0.1) is 0 Å². The molecule has 152 valence electrons. The van der Waals surface area contributed by atoms with Crippen molar-refractivity contribution in [2.75, 3.05) is 0 Å². The summed E-state index contributed by atoms with van der Waals surface area (Å²) in [6.07, 6.45) is 0.375. The average molecular weight is 388 g/mol. The van der Waals surface area contributed by atoms with E-state index in [1.807, 2.05) is 13.8 Å². The van der Waals surface area contributed by atoms with Gasteiger partial charge < -0.3 is 19.4 Å². The van der Waals surface area contributed by atoms with Gasteiger partial charge in [-0.3, -0.25) is 9.59 Å². The Morgan fingerprint density at radius 1 is 1.36 bits per heavy atom. The lowest BCUT2D eigenvalue weighted by molar-refractivity contribution is -0.292. The number of carbonyl (C=O) groups excluding carboxylic acids is 2. The van der Waals surface area contributed by atoms with Crippen LogP contribution in [0.3, 0.4) is 0 Å². The molecule has 28 heavy (non-hydrogen) atoms. The molecule has 1 aromatic heterocycles. The van der Waals surface area contributed by atoms with E-state index < -0.39 is 46.4 Å². The third kappa shape index (κ3) is 2.10. The number of aliphatic hydroxyl groups excluding tert-OH is 1. The molecule has 1 heterocycles. The molecule has 6 nitrogen and oxygen atoms in total. The van der Waals surface area contributed by atoms with Crippen molar-refractivity contribution >= 4 is 17.3 Å². The summed E-state index contributed by atoms with van der Waals surface area (Å²) in [6, 6.07) is 1.81. The van der Waals surface area contributed by atoms with E-state index in [0.717, 1.165) is 5.56 Å². The molecule has 3 aliphatic carbocycles. The van der Waals surface area contributed by atoms with Gasteiger partial charge in [0.2, 0.25) is 0 Å². The first-order chi connectivity index (χ1) is 13.0. The summed E-state index contributed by atoms with van der Waals surface area (Å²) in [5.41, 5.74) is -2.22. The molecule has 0 unspecified atom stereocenters. The number of ketones is 1. The van der Waals surface area contributed by atoms with E-state index in [2.05, 4.69) is 6.58 Å². The van der Waals surface area contributed by atoms with Crippen LogP contribution in [0.25, 0.3) is 5.57 Å². The first-order valence-electron chi connectivity index (χ1n) is 9.83. The second-order valence-corrected chi connectivity index (χ2v) is 9.41. The number of esters is 1. The lowest BCUT2D eigenvalue weighted by Gasteiger charge is -2.66. The van der Waals surface area contributed by atoms with Gasteiger partial charge in [0.05, 0.1) is 11.7 Å². The van der Waals surface area contributed by atoms with Crippen LogP contribution in [-0.4, -0.2) is 39.8 Å². The number of furan rings is 1. The molecule has 2 fully saturated rings. The molecule has 0 aromatic carbocycles. The van der Waals surface area contributed by atoms with E-state index in [9.17, 15) is 19.8 Å². The normalized spacial score (nSPS) is 41.6. The molecule has 0 spiro atoms. The zero-order chi connectivity index (χ0) is 20.6. The van der Waals surface area contributed by atoms with Gasteiger partial charge in [0.15, 0.2) is 0 Å². The van der Waals surface area contributed by atoms with Crippen LogP contribution in [0.15, 0.2) is 23.3 Å². The van der Waals surface area contributed by atoms with Crippen LogP contribution in [0.1, 0.15) is 51.9 Å². The van der Waals surface area contributed by atoms with Gasteiger partial charge in [-0.05, 0) is 36.3 Å². The maximum Gasteiger partial charge on any atom is 0.303 e. The van der Waals surface area contributed by atoms with Gasteiger partial charge in [0, 0.05) is 31.2 Å². The minimum atomic E-state index is -1.75. The van der Waals surface area contributed by atoms with Crippen LogP contribution in [0.5, 0.6) is 0 Å². The van der Waals surface area contributed by atoms with Crippen LogP contribution in [-0.2, 0) is 20.7 Å². The lowest BCUT2D eigenvalue weighted by Crippen LogP contribution is -2.78. The fourth-order valence-corrected chi connectivity index (χ4v) is 6.28. The lowest BCUT2D eigenvalue weighted by atomic mass is 9.40. The van der Waals surface area contributed by atoms with Crippen LogP contribution in [0.2, 0.25) is 0 Å². The number of hydrogen-bond donors (Lipinski definition) is 2. The van der Waals surface area contributed by atoms with E-state index in [-0.39, 0.29) is 5.78 Å². The highest BCUT2D eigenvalue weighted by Gasteiger charge is 2.75. The van der Waals surface area contributed by atoms with Crippen molar-refractivity contribution in [3.05, 3.63) is 30.2 Å². The maximum absolute atomic E-state index is 13.3. The van der Waals surface area contributed by atoms with Crippen LogP contribution in [0, 0.1) is 22.7 Å². The summed E-state index contributed by atoms with van der Waals surface area (Å²) in [7, 11) is 0. The molecule has 0 radical (unpaired) electrons. The van der Waals surface area contributed by atoms with Crippen molar-refractivity contribution in [3.8, 4) is 0 Å². The Kier molecular flexibility index (Phi) is 4.02. The summed E-state index contributed by atoms with van der Waals surface area (Å²) in [5.74, 6) is -0.784. The minimum absolute atomic E-state index is 0.0764. The smallest absolute Gasteiger partial charge is 0.303 e. The fourth-order valence-electron chi connectivity index (χ4n) is 6.28. The second kappa shape index (κ2) is 5.80. The summed E-state index contributed by atoms with van der Waals surface area (Å²) >= 11 is 0. The Bertz CT molecular complexity index is 866. The van der Waals surface area contributed by atoms with Crippen molar-refractivity contribution in [2.45, 2.75) is 64.8 Å². The summed E-state index contributed by atoms with van der Waals surface area (Å²) < 4.78 is 11.2. The molecule has 0 aliphatic heterocycles. The number of carbonyl (C=O) groups is 2. The highest BCUT2D eigenvalue weighted by molar-refractivity contribution is 5.89. The Morgan fingerprint density at radius 3 is 2.68 bits per heavy atom. The topological polar surface area (TPSA) is 97.0 Å². The zero-order valence-corrected chi connectivity index (χ0v) is 16.8. The molecule has 2 saturated carbocycles. The number of aliphatic hydroxyl groups is 2. The highest BCUT2D eigenvalue weighted by atomic mass is 16.6. The van der Waals surface area contributed by atoms with E-state index in [0.29, 0.717) is 30.6 Å². The molecule has 3 aliphatic rings. The standard InChI is InChI=1S/C22H28O6/c1-11-13-7-9-27-15(13)10-14-17(11)18(28-12(2)23)19(25)22(26)20(3,4)8-6-16(24)21(14,22)5/h7,9,14,17-19,25-26H,1,6,8,10H2,2-5H3/t14-,17-,18+,19-,21-,22+/m0/s1. The first-order valence-corrected chi connectivity index (χ1v) is 9.83. The van der Waals surface area contributed by atoms with E-state index in [1.54, 1.807) is 19.3 Å². The van der Waals surface area contributed by atoms with Gasteiger partial charge in [-0.1, -0.05) is 20.4 Å². The van der Waals surface area contributed by atoms with Gasteiger partial charge in [0.25, 0.3) is 0 Å². The van der Waals surface area contributed by atoms with E-state index in [4.69, 9.17) is 9.15 Å². The molecule has 4 rings (SSSR count). The average Bonchev–Trinajstić information content (AvgIpc) is 3.09. The Morgan fingerprint density at radius 2 is 2.04 bits per heavy atom.